The normalized spacial score (nSPS) is 19.3. The van der Waals surface area contributed by atoms with Crippen molar-refractivity contribution in [3.8, 4) is 0 Å². The zero-order valence-corrected chi connectivity index (χ0v) is 12.2. The number of benzene rings is 2. The molecule has 2 aromatic carbocycles. The predicted molar refractivity (Wildman–Crippen MR) is 83.8 cm³/mol. The minimum atomic E-state index is -0.662. The number of fused-ring (bicyclic) bond motifs is 1. The summed E-state index contributed by atoms with van der Waals surface area (Å²) in [7, 11) is 0. The lowest BCUT2D eigenvalue weighted by Gasteiger charge is -2.39. The van der Waals surface area contributed by atoms with Crippen LogP contribution in [0.25, 0.3) is 10.8 Å². The number of hydrogen-bond donors (Lipinski definition) is 1. The molecule has 1 fully saturated rings. The van der Waals surface area contributed by atoms with Gasteiger partial charge in [-0.2, -0.15) is 0 Å². The van der Waals surface area contributed by atoms with Gasteiger partial charge in [0.2, 0.25) is 0 Å². The average molecular weight is 269 g/mol. The molecule has 1 heterocycles. The first-order valence-corrected chi connectivity index (χ1v) is 7.66. The maximum atomic E-state index is 11.1. The molecule has 2 aromatic rings. The van der Waals surface area contributed by atoms with Gasteiger partial charge in [0, 0.05) is 13.1 Å². The van der Waals surface area contributed by atoms with E-state index < -0.39 is 5.60 Å². The summed E-state index contributed by atoms with van der Waals surface area (Å²) in [5.41, 5.74) is 0.442. The van der Waals surface area contributed by atoms with E-state index in [4.69, 9.17) is 0 Å². The molecule has 1 aliphatic heterocycles. The van der Waals surface area contributed by atoms with Gasteiger partial charge in [-0.1, -0.05) is 49.4 Å². The van der Waals surface area contributed by atoms with Crippen molar-refractivity contribution in [3.63, 3.8) is 0 Å². The molecule has 2 heteroatoms. The molecule has 0 bridgehead atoms. The van der Waals surface area contributed by atoms with Crippen LogP contribution in [0.15, 0.2) is 42.5 Å². The van der Waals surface area contributed by atoms with E-state index in [9.17, 15) is 5.11 Å². The van der Waals surface area contributed by atoms with Crippen LogP contribution < -0.4 is 0 Å². The standard InChI is InChI=1S/C18H23NO/c1-2-12-19-13-10-18(20,11-14-19)17-9-5-7-15-6-3-4-8-16(15)17/h3-9,20H,2,10-14H2,1H3. The van der Waals surface area contributed by atoms with Crippen LogP contribution in [0.3, 0.4) is 0 Å². The Balaban J connectivity index is 1.91. The van der Waals surface area contributed by atoms with Crippen LogP contribution in [0, 0.1) is 0 Å². The van der Waals surface area contributed by atoms with E-state index in [2.05, 4.69) is 54.3 Å². The molecule has 0 amide bonds. The Labute approximate surface area is 121 Å². The topological polar surface area (TPSA) is 23.5 Å². The maximum absolute atomic E-state index is 11.1. The summed E-state index contributed by atoms with van der Waals surface area (Å²) in [6.07, 6.45) is 2.86. The first-order valence-electron chi connectivity index (χ1n) is 7.66. The number of aliphatic hydroxyl groups is 1. The fourth-order valence-electron chi connectivity index (χ4n) is 3.36. The molecule has 1 saturated heterocycles. The van der Waals surface area contributed by atoms with Gasteiger partial charge >= 0.3 is 0 Å². The van der Waals surface area contributed by atoms with Gasteiger partial charge in [-0.25, -0.2) is 0 Å². The maximum Gasteiger partial charge on any atom is 0.0926 e. The summed E-state index contributed by atoms with van der Waals surface area (Å²) in [5.74, 6) is 0. The zero-order valence-electron chi connectivity index (χ0n) is 12.2. The molecular formula is C18H23NO. The third-order valence-electron chi connectivity index (χ3n) is 4.51. The van der Waals surface area contributed by atoms with E-state index in [1.165, 1.54) is 17.2 Å². The Hall–Kier alpha value is -1.38. The van der Waals surface area contributed by atoms with Gasteiger partial charge in [-0.3, -0.25) is 0 Å². The lowest BCUT2D eigenvalue weighted by molar-refractivity contribution is -0.0245. The van der Waals surface area contributed by atoms with Crippen molar-refractivity contribution in [1.29, 1.82) is 0 Å². The Bertz CT molecular complexity index is 579. The van der Waals surface area contributed by atoms with E-state index in [1.54, 1.807) is 0 Å². The van der Waals surface area contributed by atoms with E-state index in [-0.39, 0.29) is 0 Å². The molecular weight excluding hydrogens is 246 g/mol. The van der Waals surface area contributed by atoms with Gasteiger partial charge in [-0.15, -0.1) is 0 Å². The van der Waals surface area contributed by atoms with Crippen LogP contribution >= 0.6 is 0 Å². The van der Waals surface area contributed by atoms with Gasteiger partial charge in [0.1, 0.15) is 0 Å². The van der Waals surface area contributed by atoms with E-state index >= 15 is 0 Å². The minimum Gasteiger partial charge on any atom is -0.385 e. The molecule has 3 rings (SSSR count). The van der Waals surface area contributed by atoms with Crippen LogP contribution in [-0.2, 0) is 5.60 Å². The Kier molecular flexibility index (Phi) is 3.77. The molecule has 1 aliphatic rings. The fourth-order valence-corrected chi connectivity index (χ4v) is 3.36. The SMILES string of the molecule is CCCN1CCC(O)(c2cccc3ccccc23)CC1. The van der Waals surface area contributed by atoms with Crippen LogP contribution in [0.1, 0.15) is 31.7 Å². The highest BCUT2D eigenvalue weighted by molar-refractivity contribution is 5.86. The molecule has 0 aliphatic carbocycles. The molecule has 0 aromatic heterocycles. The van der Waals surface area contributed by atoms with Gasteiger partial charge in [-0.05, 0) is 42.1 Å². The van der Waals surface area contributed by atoms with Gasteiger partial charge < -0.3 is 10.0 Å². The lowest BCUT2D eigenvalue weighted by Crippen LogP contribution is -2.42. The van der Waals surface area contributed by atoms with Gasteiger partial charge in [0.15, 0.2) is 0 Å². The molecule has 0 spiro atoms. The smallest absolute Gasteiger partial charge is 0.0926 e. The van der Waals surface area contributed by atoms with Crippen molar-refractivity contribution in [3.05, 3.63) is 48.0 Å². The van der Waals surface area contributed by atoms with Crippen molar-refractivity contribution < 1.29 is 5.11 Å². The lowest BCUT2D eigenvalue weighted by atomic mass is 9.82. The second kappa shape index (κ2) is 5.55. The summed E-state index contributed by atoms with van der Waals surface area (Å²) < 4.78 is 0. The van der Waals surface area contributed by atoms with Crippen LogP contribution in [0.2, 0.25) is 0 Å². The first kappa shape index (κ1) is 13.6. The zero-order chi connectivity index (χ0) is 14.0. The van der Waals surface area contributed by atoms with Crippen molar-refractivity contribution in [1.82, 2.24) is 4.90 Å². The largest absolute Gasteiger partial charge is 0.385 e. The number of piperidine rings is 1. The molecule has 106 valence electrons. The summed E-state index contributed by atoms with van der Waals surface area (Å²) in [6, 6.07) is 14.6. The summed E-state index contributed by atoms with van der Waals surface area (Å²) in [4.78, 5) is 2.46. The molecule has 20 heavy (non-hydrogen) atoms. The quantitative estimate of drug-likeness (QED) is 0.921. The highest BCUT2D eigenvalue weighted by atomic mass is 16.3. The van der Waals surface area contributed by atoms with Crippen molar-refractivity contribution in [2.24, 2.45) is 0 Å². The Morgan fingerprint density at radius 2 is 1.75 bits per heavy atom. The van der Waals surface area contributed by atoms with Crippen molar-refractivity contribution in [2.45, 2.75) is 31.8 Å². The second-order valence-corrected chi connectivity index (χ2v) is 5.90. The highest BCUT2D eigenvalue weighted by Crippen LogP contribution is 2.36. The van der Waals surface area contributed by atoms with Crippen molar-refractivity contribution in [2.75, 3.05) is 19.6 Å². The van der Waals surface area contributed by atoms with E-state index in [0.29, 0.717) is 0 Å². The highest BCUT2D eigenvalue weighted by Gasteiger charge is 2.34. The summed E-state index contributed by atoms with van der Waals surface area (Å²) in [6.45, 7) is 5.35. The Morgan fingerprint density at radius 1 is 1.05 bits per heavy atom. The Morgan fingerprint density at radius 3 is 2.50 bits per heavy atom. The molecule has 0 saturated carbocycles. The monoisotopic (exact) mass is 269 g/mol. The van der Waals surface area contributed by atoms with E-state index in [0.717, 1.165) is 38.0 Å². The first-order chi connectivity index (χ1) is 9.73. The summed E-state index contributed by atoms with van der Waals surface area (Å²) in [5, 5.41) is 13.5. The van der Waals surface area contributed by atoms with Gasteiger partial charge in [0.25, 0.3) is 0 Å². The number of nitrogens with zero attached hydrogens (tertiary/aromatic N) is 1. The van der Waals surface area contributed by atoms with Gasteiger partial charge in [0.05, 0.1) is 5.60 Å². The van der Waals surface area contributed by atoms with Crippen LogP contribution in [0.4, 0.5) is 0 Å². The average Bonchev–Trinajstić information content (AvgIpc) is 2.49. The van der Waals surface area contributed by atoms with Crippen LogP contribution in [-0.4, -0.2) is 29.6 Å². The second-order valence-electron chi connectivity index (χ2n) is 5.90. The molecule has 0 atom stereocenters. The summed E-state index contributed by atoms with van der Waals surface area (Å²) >= 11 is 0. The number of rotatable bonds is 3. The predicted octanol–water partition coefficient (Wildman–Crippen LogP) is 3.53. The molecule has 1 N–H and O–H groups in total. The van der Waals surface area contributed by atoms with Crippen LogP contribution in [0.5, 0.6) is 0 Å². The third kappa shape index (κ3) is 2.46. The molecule has 0 radical (unpaired) electrons. The fraction of sp³-hybridized carbons (Fsp3) is 0.444. The molecule has 0 unspecified atom stereocenters. The molecule has 2 nitrogen and oxygen atoms in total. The number of hydrogen-bond acceptors (Lipinski definition) is 2. The third-order valence-corrected chi connectivity index (χ3v) is 4.51. The number of likely N-dealkylation sites (tertiary alicyclic amines) is 1. The van der Waals surface area contributed by atoms with E-state index in [1.807, 2.05) is 0 Å². The minimum absolute atomic E-state index is 0.662. The van der Waals surface area contributed by atoms with Crippen molar-refractivity contribution >= 4 is 10.8 Å².